The van der Waals surface area contributed by atoms with Gasteiger partial charge in [0.25, 0.3) is 0 Å². The van der Waals surface area contributed by atoms with Crippen molar-refractivity contribution in [1.29, 1.82) is 0 Å². The number of benzene rings is 2. The van der Waals surface area contributed by atoms with Crippen LogP contribution in [0.25, 0.3) is 0 Å². The van der Waals surface area contributed by atoms with Crippen LogP contribution >= 0.6 is 0 Å². The highest BCUT2D eigenvalue weighted by molar-refractivity contribution is 7.89. The third kappa shape index (κ3) is 6.67. The van der Waals surface area contributed by atoms with E-state index < -0.39 is 10.0 Å². The van der Waals surface area contributed by atoms with Crippen molar-refractivity contribution in [2.75, 3.05) is 18.4 Å². The van der Waals surface area contributed by atoms with Gasteiger partial charge in [0.15, 0.2) is 0 Å². The van der Waals surface area contributed by atoms with Gasteiger partial charge in [0.2, 0.25) is 21.8 Å². The lowest BCUT2D eigenvalue weighted by molar-refractivity contribution is -0.121. The molecule has 2 N–H and O–H groups in total. The molecule has 0 atom stereocenters. The minimum Gasteiger partial charge on any atom is -0.354 e. The number of hydrogen-bond donors (Lipinski definition) is 2. The quantitative estimate of drug-likeness (QED) is 0.592. The standard InChI is InChI=1S/C26H35N3O4S/c1-18(2)21-7-11-24(12-8-21)34(32,33)29-15-13-22(14-16-29)26(31)28-23-9-5-20(6-10-23)17-25(30)27-19(3)4/h5-12,18-19,22H,13-17H2,1-4H3,(H,27,30)(H,28,31). The van der Waals surface area contributed by atoms with Crippen LogP contribution in [-0.2, 0) is 26.0 Å². The lowest BCUT2D eigenvalue weighted by Gasteiger charge is -2.30. The number of carbonyl (C=O) groups excluding carboxylic acids is 2. The van der Waals surface area contributed by atoms with Crippen LogP contribution in [0.15, 0.2) is 53.4 Å². The molecule has 34 heavy (non-hydrogen) atoms. The number of piperidine rings is 1. The predicted octanol–water partition coefficient (Wildman–Crippen LogP) is 3.92. The van der Waals surface area contributed by atoms with Crippen LogP contribution < -0.4 is 10.6 Å². The first-order valence-corrected chi connectivity index (χ1v) is 13.3. The smallest absolute Gasteiger partial charge is 0.243 e. The van der Waals surface area contributed by atoms with Crippen LogP contribution in [0.3, 0.4) is 0 Å². The van der Waals surface area contributed by atoms with Crippen LogP contribution in [-0.4, -0.2) is 43.7 Å². The van der Waals surface area contributed by atoms with Crippen LogP contribution in [0.4, 0.5) is 5.69 Å². The molecule has 1 fully saturated rings. The monoisotopic (exact) mass is 485 g/mol. The highest BCUT2D eigenvalue weighted by Gasteiger charge is 2.32. The van der Waals surface area contributed by atoms with Gasteiger partial charge in [0, 0.05) is 30.7 Å². The van der Waals surface area contributed by atoms with Crippen LogP contribution in [0.2, 0.25) is 0 Å². The van der Waals surface area contributed by atoms with Gasteiger partial charge < -0.3 is 10.6 Å². The van der Waals surface area contributed by atoms with Gasteiger partial charge in [0.1, 0.15) is 0 Å². The highest BCUT2D eigenvalue weighted by atomic mass is 32.2. The molecule has 0 unspecified atom stereocenters. The Hall–Kier alpha value is -2.71. The van der Waals surface area contributed by atoms with E-state index in [0.29, 0.717) is 48.9 Å². The molecule has 2 amide bonds. The van der Waals surface area contributed by atoms with Crippen molar-refractivity contribution in [2.45, 2.75) is 63.8 Å². The third-order valence-corrected chi connectivity index (χ3v) is 7.96. The van der Waals surface area contributed by atoms with Gasteiger partial charge >= 0.3 is 0 Å². The van der Waals surface area contributed by atoms with E-state index in [0.717, 1.165) is 11.1 Å². The Kier molecular flexibility index (Phi) is 8.49. The lowest BCUT2D eigenvalue weighted by atomic mass is 9.97. The van der Waals surface area contributed by atoms with Crippen molar-refractivity contribution in [2.24, 2.45) is 5.92 Å². The largest absolute Gasteiger partial charge is 0.354 e. The summed E-state index contributed by atoms with van der Waals surface area (Å²) in [5, 5.41) is 5.78. The van der Waals surface area contributed by atoms with Gasteiger partial charge in [0.05, 0.1) is 11.3 Å². The van der Waals surface area contributed by atoms with Crippen LogP contribution in [0, 0.1) is 5.92 Å². The molecule has 0 saturated carbocycles. The van der Waals surface area contributed by atoms with Gasteiger partial charge in [-0.15, -0.1) is 0 Å². The first-order valence-electron chi connectivity index (χ1n) is 11.9. The van der Waals surface area contributed by atoms with Crippen molar-refractivity contribution in [3.63, 3.8) is 0 Å². The van der Waals surface area contributed by atoms with E-state index in [1.807, 2.05) is 38.1 Å². The molecule has 1 aliphatic heterocycles. The fourth-order valence-electron chi connectivity index (χ4n) is 4.04. The zero-order chi connectivity index (χ0) is 24.9. The summed E-state index contributed by atoms with van der Waals surface area (Å²) in [5.74, 6) is -0.0501. The Bertz CT molecular complexity index is 1090. The summed E-state index contributed by atoms with van der Waals surface area (Å²) in [6.07, 6.45) is 1.24. The number of anilines is 1. The van der Waals surface area contributed by atoms with Crippen molar-refractivity contribution in [3.8, 4) is 0 Å². The molecule has 0 bridgehead atoms. The molecule has 1 aliphatic rings. The number of rotatable bonds is 8. The fourth-order valence-corrected chi connectivity index (χ4v) is 5.51. The van der Waals surface area contributed by atoms with Crippen molar-refractivity contribution < 1.29 is 18.0 Å². The molecule has 1 saturated heterocycles. The summed E-state index contributed by atoms with van der Waals surface area (Å²) in [5.41, 5.74) is 2.63. The van der Waals surface area contributed by atoms with E-state index in [4.69, 9.17) is 0 Å². The average Bonchev–Trinajstić information content (AvgIpc) is 2.80. The molecule has 2 aromatic carbocycles. The highest BCUT2D eigenvalue weighted by Crippen LogP contribution is 2.26. The van der Waals surface area contributed by atoms with E-state index in [2.05, 4.69) is 24.5 Å². The summed E-state index contributed by atoms with van der Waals surface area (Å²) in [6.45, 7) is 8.60. The normalized spacial score (nSPS) is 15.5. The van der Waals surface area contributed by atoms with Crippen LogP contribution in [0.5, 0.6) is 0 Å². The summed E-state index contributed by atoms with van der Waals surface area (Å²) in [7, 11) is -3.57. The molecule has 2 aromatic rings. The molecule has 7 nitrogen and oxygen atoms in total. The van der Waals surface area contributed by atoms with Gasteiger partial charge in [-0.05, 0) is 68.0 Å². The molecule has 0 aromatic heterocycles. The van der Waals surface area contributed by atoms with Crippen molar-refractivity contribution in [3.05, 3.63) is 59.7 Å². The summed E-state index contributed by atoms with van der Waals surface area (Å²) in [6, 6.07) is 14.4. The van der Waals surface area contributed by atoms with Gasteiger partial charge in [-0.25, -0.2) is 8.42 Å². The minimum absolute atomic E-state index is 0.0376. The number of sulfonamides is 1. The molecule has 3 rings (SSSR count). The molecular formula is C26H35N3O4S. The third-order valence-electron chi connectivity index (χ3n) is 6.05. The number of hydrogen-bond acceptors (Lipinski definition) is 4. The molecule has 8 heteroatoms. The minimum atomic E-state index is -3.57. The van der Waals surface area contributed by atoms with Crippen molar-refractivity contribution in [1.82, 2.24) is 9.62 Å². The average molecular weight is 486 g/mol. The Balaban J connectivity index is 1.52. The Morgan fingerprint density at radius 2 is 1.53 bits per heavy atom. The lowest BCUT2D eigenvalue weighted by Crippen LogP contribution is -2.41. The second-order valence-corrected chi connectivity index (χ2v) is 11.4. The number of nitrogens with zero attached hydrogens (tertiary/aromatic N) is 1. The number of nitrogens with one attached hydrogen (secondary N) is 2. The first kappa shape index (κ1) is 25.9. The fraction of sp³-hybridized carbons (Fsp3) is 0.462. The van der Waals surface area contributed by atoms with E-state index in [1.54, 1.807) is 24.3 Å². The molecule has 1 heterocycles. The zero-order valence-electron chi connectivity index (χ0n) is 20.4. The Labute approximate surface area is 203 Å². The second-order valence-electron chi connectivity index (χ2n) is 9.49. The first-order chi connectivity index (χ1) is 16.1. The number of carbonyl (C=O) groups is 2. The molecule has 0 radical (unpaired) electrons. The molecular weight excluding hydrogens is 450 g/mol. The SMILES string of the molecule is CC(C)NC(=O)Cc1ccc(NC(=O)C2CCN(S(=O)(=O)c3ccc(C(C)C)cc3)CC2)cc1. The summed E-state index contributed by atoms with van der Waals surface area (Å²) in [4.78, 5) is 24.9. The van der Waals surface area contributed by atoms with Gasteiger partial charge in [-0.3, -0.25) is 9.59 Å². The maximum atomic E-state index is 13.0. The van der Waals surface area contributed by atoms with Gasteiger partial charge in [-0.2, -0.15) is 4.31 Å². The van der Waals surface area contributed by atoms with E-state index in [-0.39, 0.29) is 23.8 Å². The maximum Gasteiger partial charge on any atom is 0.243 e. The molecule has 184 valence electrons. The molecule has 0 spiro atoms. The van der Waals surface area contributed by atoms with E-state index in [1.165, 1.54) is 4.31 Å². The van der Waals surface area contributed by atoms with Crippen molar-refractivity contribution >= 4 is 27.5 Å². The second kappa shape index (κ2) is 11.1. The Morgan fingerprint density at radius 3 is 2.06 bits per heavy atom. The van der Waals surface area contributed by atoms with Crippen LogP contribution in [0.1, 0.15) is 57.6 Å². The molecule has 0 aliphatic carbocycles. The van der Waals surface area contributed by atoms with E-state index in [9.17, 15) is 18.0 Å². The summed E-state index contributed by atoms with van der Waals surface area (Å²) < 4.78 is 27.5. The summed E-state index contributed by atoms with van der Waals surface area (Å²) >= 11 is 0. The van der Waals surface area contributed by atoms with E-state index >= 15 is 0 Å². The number of amides is 2. The predicted molar refractivity (Wildman–Crippen MR) is 134 cm³/mol. The zero-order valence-corrected chi connectivity index (χ0v) is 21.2. The maximum absolute atomic E-state index is 13.0. The topological polar surface area (TPSA) is 95.6 Å². The van der Waals surface area contributed by atoms with Gasteiger partial charge in [-0.1, -0.05) is 38.1 Å². The Morgan fingerprint density at radius 1 is 0.941 bits per heavy atom.